The molecule has 0 fully saturated rings. The molecule has 2 heteroatoms. The summed E-state index contributed by atoms with van der Waals surface area (Å²) in [5.74, 6) is 1.31. The summed E-state index contributed by atoms with van der Waals surface area (Å²) in [5.41, 5.74) is 3.84. The van der Waals surface area contributed by atoms with Crippen molar-refractivity contribution < 1.29 is 4.74 Å². The average molecular weight is 203 g/mol. The van der Waals surface area contributed by atoms with Gasteiger partial charge in [0.2, 0.25) is 0 Å². The van der Waals surface area contributed by atoms with Gasteiger partial charge in [-0.2, -0.15) is 5.26 Å². The molecule has 15 heavy (non-hydrogen) atoms. The van der Waals surface area contributed by atoms with Crippen LogP contribution in [0.4, 0.5) is 0 Å². The minimum absolute atomic E-state index is 0.111. The number of ether oxygens (including phenoxy) is 1. The highest BCUT2D eigenvalue weighted by atomic mass is 16.5. The summed E-state index contributed by atoms with van der Waals surface area (Å²) in [6, 6.07) is 5.97. The quantitative estimate of drug-likeness (QED) is 0.754. The molecule has 0 aromatic heterocycles. The second-order valence-electron chi connectivity index (χ2n) is 4.07. The van der Waals surface area contributed by atoms with E-state index in [4.69, 9.17) is 10.00 Å². The van der Waals surface area contributed by atoms with Gasteiger partial charge in [-0.15, -0.1) is 0 Å². The summed E-state index contributed by atoms with van der Waals surface area (Å²) >= 11 is 0. The third-order valence-electron chi connectivity index (χ3n) is 2.45. The van der Waals surface area contributed by atoms with Crippen LogP contribution < -0.4 is 4.74 Å². The Morgan fingerprint density at radius 2 is 1.80 bits per heavy atom. The van der Waals surface area contributed by atoms with Crippen molar-refractivity contribution in [3.05, 3.63) is 28.8 Å². The first-order valence-corrected chi connectivity index (χ1v) is 5.17. The van der Waals surface area contributed by atoms with Crippen molar-refractivity contribution in [2.24, 2.45) is 0 Å². The van der Waals surface area contributed by atoms with Crippen molar-refractivity contribution in [1.29, 1.82) is 5.26 Å². The number of benzene rings is 1. The van der Waals surface area contributed by atoms with E-state index in [9.17, 15) is 0 Å². The SMILES string of the molecule is Cc1cc(OCC#N)cc(C)c1C(C)C. The fraction of sp³-hybridized carbons (Fsp3) is 0.462. The molecule has 0 saturated heterocycles. The topological polar surface area (TPSA) is 33.0 Å². The van der Waals surface area contributed by atoms with Gasteiger partial charge in [0.05, 0.1) is 0 Å². The lowest BCUT2D eigenvalue weighted by Crippen LogP contribution is -1.99. The Kier molecular flexibility index (Phi) is 3.74. The molecule has 2 nitrogen and oxygen atoms in total. The fourth-order valence-corrected chi connectivity index (χ4v) is 2.04. The smallest absolute Gasteiger partial charge is 0.174 e. The first kappa shape index (κ1) is 11.6. The summed E-state index contributed by atoms with van der Waals surface area (Å²) in [7, 11) is 0. The van der Waals surface area contributed by atoms with Crippen molar-refractivity contribution in [1.82, 2.24) is 0 Å². The van der Waals surface area contributed by atoms with E-state index < -0.39 is 0 Å². The minimum Gasteiger partial charge on any atom is -0.479 e. The van der Waals surface area contributed by atoms with Crippen LogP contribution in [0.1, 0.15) is 36.5 Å². The van der Waals surface area contributed by atoms with Crippen LogP contribution in [0.25, 0.3) is 0 Å². The van der Waals surface area contributed by atoms with Crippen LogP contribution in [0.5, 0.6) is 5.75 Å². The molecule has 80 valence electrons. The van der Waals surface area contributed by atoms with Crippen molar-refractivity contribution in [3.63, 3.8) is 0 Å². The Balaban J connectivity index is 3.04. The van der Waals surface area contributed by atoms with Crippen molar-refractivity contribution >= 4 is 0 Å². The molecule has 0 spiro atoms. The Hall–Kier alpha value is -1.49. The first-order chi connectivity index (χ1) is 7.06. The van der Waals surface area contributed by atoms with Gasteiger partial charge in [-0.3, -0.25) is 0 Å². The molecule has 0 atom stereocenters. The average Bonchev–Trinajstić information content (AvgIpc) is 2.12. The zero-order valence-electron chi connectivity index (χ0n) is 9.79. The summed E-state index contributed by atoms with van der Waals surface area (Å²) in [6.45, 7) is 8.65. The molecule has 0 unspecified atom stereocenters. The molecule has 0 saturated carbocycles. The summed E-state index contributed by atoms with van der Waals surface area (Å²) in [4.78, 5) is 0. The van der Waals surface area contributed by atoms with E-state index in [1.807, 2.05) is 18.2 Å². The number of aryl methyl sites for hydroxylation is 2. The van der Waals surface area contributed by atoms with Gasteiger partial charge < -0.3 is 4.74 Å². The monoisotopic (exact) mass is 203 g/mol. The van der Waals surface area contributed by atoms with Gasteiger partial charge in [0, 0.05) is 0 Å². The molecule has 0 aliphatic rings. The van der Waals surface area contributed by atoms with Crippen LogP contribution in [0.3, 0.4) is 0 Å². The number of rotatable bonds is 3. The molecule has 0 heterocycles. The van der Waals surface area contributed by atoms with E-state index in [1.165, 1.54) is 16.7 Å². The summed E-state index contributed by atoms with van der Waals surface area (Å²) < 4.78 is 5.29. The molecule has 0 bridgehead atoms. The van der Waals surface area contributed by atoms with Crippen LogP contribution in [0.15, 0.2) is 12.1 Å². The highest BCUT2D eigenvalue weighted by Gasteiger charge is 2.08. The number of hydrogen-bond donors (Lipinski definition) is 0. The molecule has 1 aromatic rings. The second-order valence-corrected chi connectivity index (χ2v) is 4.07. The Morgan fingerprint density at radius 1 is 1.27 bits per heavy atom. The van der Waals surface area contributed by atoms with Gasteiger partial charge in [0.25, 0.3) is 0 Å². The molecule has 0 radical (unpaired) electrons. The van der Waals surface area contributed by atoms with Crippen LogP contribution in [-0.4, -0.2) is 6.61 Å². The normalized spacial score (nSPS) is 10.1. The van der Waals surface area contributed by atoms with Crippen molar-refractivity contribution in [2.45, 2.75) is 33.6 Å². The van der Waals surface area contributed by atoms with Gasteiger partial charge in [-0.25, -0.2) is 0 Å². The van der Waals surface area contributed by atoms with E-state index >= 15 is 0 Å². The van der Waals surface area contributed by atoms with Gasteiger partial charge in [-0.1, -0.05) is 13.8 Å². The van der Waals surface area contributed by atoms with Crippen LogP contribution in [0.2, 0.25) is 0 Å². The molecular formula is C13H17NO. The molecule has 0 amide bonds. The van der Waals surface area contributed by atoms with Crippen molar-refractivity contribution in [3.8, 4) is 11.8 Å². The van der Waals surface area contributed by atoms with Gasteiger partial charge in [0.1, 0.15) is 11.8 Å². The molecule has 0 N–H and O–H groups in total. The summed E-state index contributed by atoms with van der Waals surface area (Å²) in [5, 5.41) is 8.43. The third-order valence-corrected chi connectivity index (χ3v) is 2.45. The lowest BCUT2D eigenvalue weighted by Gasteiger charge is -2.15. The second kappa shape index (κ2) is 4.84. The van der Waals surface area contributed by atoms with Gasteiger partial charge in [-0.05, 0) is 48.6 Å². The maximum absolute atomic E-state index is 8.43. The fourth-order valence-electron chi connectivity index (χ4n) is 2.04. The first-order valence-electron chi connectivity index (χ1n) is 5.17. The molecule has 0 aliphatic heterocycles. The van der Waals surface area contributed by atoms with E-state index in [0.717, 1.165) is 5.75 Å². The van der Waals surface area contributed by atoms with Crippen LogP contribution in [0, 0.1) is 25.2 Å². The molecule has 0 aliphatic carbocycles. The minimum atomic E-state index is 0.111. The number of nitriles is 1. The highest BCUT2D eigenvalue weighted by Crippen LogP contribution is 2.27. The predicted molar refractivity (Wildman–Crippen MR) is 61.1 cm³/mol. The van der Waals surface area contributed by atoms with E-state index in [-0.39, 0.29) is 6.61 Å². The van der Waals surface area contributed by atoms with Gasteiger partial charge >= 0.3 is 0 Å². The zero-order chi connectivity index (χ0) is 11.4. The number of nitrogens with zero attached hydrogens (tertiary/aromatic N) is 1. The van der Waals surface area contributed by atoms with E-state index in [1.54, 1.807) is 0 Å². The lowest BCUT2D eigenvalue weighted by molar-refractivity contribution is 0.367. The lowest BCUT2D eigenvalue weighted by atomic mass is 9.93. The van der Waals surface area contributed by atoms with E-state index in [2.05, 4.69) is 27.7 Å². The molecule has 1 rings (SSSR count). The number of hydrogen-bond acceptors (Lipinski definition) is 2. The summed E-state index contributed by atoms with van der Waals surface area (Å²) in [6.07, 6.45) is 0. The zero-order valence-corrected chi connectivity index (χ0v) is 9.79. The Labute approximate surface area is 91.5 Å². The van der Waals surface area contributed by atoms with Gasteiger partial charge in [0.15, 0.2) is 6.61 Å². The highest BCUT2D eigenvalue weighted by molar-refractivity contribution is 5.42. The third kappa shape index (κ3) is 2.73. The molecule has 1 aromatic carbocycles. The predicted octanol–water partition coefficient (Wildman–Crippen LogP) is 3.33. The Morgan fingerprint density at radius 3 is 2.20 bits per heavy atom. The van der Waals surface area contributed by atoms with E-state index in [0.29, 0.717) is 5.92 Å². The Bertz CT molecular complexity index is 365. The maximum Gasteiger partial charge on any atom is 0.174 e. The van der Waals surface area contributed by atoms with Crippen LogP contribution >= 0.6 is 0 Å². The van der Waals surface area contributed by atoms with Crippen molar-refractivity contribution in [2.75, 3.05) is 6.61 Å². The molecular weight excluding hydrogens is 186 g/mol. The van der Waals surface area contributed by atoms with Crippen LogP contribution in [-0.2, 0) is 0 Å². The largest absolute Gasteiger partial charge is 0.479 e. The standard InChI is InChI=1S/C13H17NO/c1-9(2)13-10(3)7-12(8-11(13)4)15-6-5-14/h7-9H,6H2,1-4H3. The maximum atomic E-state index is 8.43.